The molecule has 0 fully saturated rings. The average Bonchev–Trinajstić information content (AvgIpc) is 3.41. The molecule has 3 aliphatic heterocycles. The summed E-state index contributed by atoms with van der Waals surface area (Å²) in [7, 11) is 6.19. The van der Waals surface area contributed by atoms with Gasteiger partial charge in [0.2, 0.25) is 18.3 Å². The second-order valence-corrected chi connectivity index (χ2v) is 7.09. The number of esters is 1. The fourth-order valence-electron chi connectivity index (χ4n) is 4.34. The first-order chi connectivity index (χ1) is 15.1. The van der Waals surface area contributed by atoms with Crippen LogP contribution >= 0.6 is 0 Å². The summed E-state index contributed by atoms with van der Waals surface area (Å²) in [5.41, 5.74) is 3.42. The minimum atomic E-state index is -0.514. The Kier molecular flexibility index (Phi) is 4.46. The summed E-state index contributed by atoms with van der Waals surface area (Å²) >= 11 is 0. The van der Waals surface area contributed by atoms with E-state index in [0.717, 1.165) is 16.8 Å². The number of benzene rings is 2. The third-order valence-electron chi connectivity index (χ3n) is 5.64. The van der Waals surface area contributed by atoms with E-state index in [0.29, 0.717) is 45.8 Å². The van der Waals surface area contributed by atoms with Gasteiger partial charge in [0.25, 0.3) is 0 Å². The molecular formula is C22H21NO8. The topological polar surface area (TPSA) is 93.7 Å². The van der Waals surface area contributed by atoms with E-state index in [1.54, 1.807) is 28.4 Å². The molecule has 0 saturated heterocycles. The van der Waals surface area contributed by atoms with Crippen LogP contribution in [0.3, 0.4) is 0 Å². The molecule has 162 valence electrons. The van der Waals surface area contributed by atoms with Gasteiger partial charge in [0.15, 0.2) is 23.0 Å². The van der Waals surface area contributed by atoms with Crippen molar-refractivity contribution in [2.75, 3.05) is 47.2 Å². The van der Waals surface area contributed by atoms with E-state index in [2.05, 4.69) is 5.32 Å². The predicted octanol–water partition coefficient (Wildman–Crippen LogP) is 2.82. The molecule has 31 heavy (non-hydrogen) atoms. The molecule has 0 aromatic heterocycles. The zero-order chi connectivity index (χ0) is 21.7. The molecule has 9 nitrogen and oxygen atoms in total. The smallest absolute Gasteiger partial charge is 0.337 e. The highest BCUT2D eigenvalue weighted by Crippen LogP contribution is 2.56. The lowest BCUT2D eigenvalue weighted by atomic mass is 9.80. The Balaban J connectivity index is 1.80. The van der Waals surface area contributed by atoms with Gasteiger partial charge >= 0.3 is 5.97 Å². The van der Waals surface area contributed by atoms with Gasteiger partial charge in [-0.25, -0.2) is 4.79 Å². The van der Waals surface area contributed by atoms with Crippen molar-refractivity contribution in [3.8, 4) is 34.5 Å². The van der Waals surface area contributed by atoms with Crippen LogP contribution in [0, 0.1) is 0 Å². The summed E-state index contributed by atoms with van der Waals surface area (Å²) in [6.07, 6.45) is 0. The quantitative estimate of drug-likeness (QED) is 0.723. The summed E-state index contributed by atoms with van der Waals surface area (Å²) in [4.78, 5) is 12.8. The normalized spacial score (nSPS) is 18.1. The molecule has 2 aromatic rings. The Hall–Kier alpha value is -3.75. The van der Waals surface area contributed by atoms with E-state index < -0.39 is 11.9 Å². The second-order valence-electron chi connectivity index (χ2n) is 7.09. The monoisotopic (exact) mass is 427 g/mol. The zero-order valence-corrected chi connectivity index (χ0v) is 17.5. The van der Waals surface area contributed by atoms with Crippen LogP contribution in [0.15, 0.2) is 29.5 Å². The van der Waals surface area contributed by atoms with Gasteiger partial charge in [-0.05, 0) is 17.7 Å². The van der Waals surface area contributed by atoms with Crippen molar-refractivity contribution in [1.82, 2.24) is 0 Å². The minimum Gasteiger partial charge on any atom is -0.493 e. The maximum Gasteiger partial charge on any atom is 0.337 e. The first kappa shape index (κ1) is 19.2. The van der Waals surface area contributed by atoms with Crippen molar-refractivity contribution in [1.29, 1.82) is 0 Å². The van der Waals surface area contributed by atoms with E-state index in [4.69, 9.17) is 33.2 Å². The molecule has 0 radical (unpaired) electrons. The van der Waals surface area contributed by atoms with Crippen LogP contribution in [0.1, 0.15) is 17.0 Å². The molecule has 2 aromatic carbocycles. The van der Waals surface area contributed by atoms with Gasteiger partial charge in [0.05, 0.1) is 45.4 Å². The second kappa shape index (κ2) is 7.19. The number of methoxy groups -OCH3 is 4. The molecule has 0 spiro atoms. The van der Waals surface area contributed by atoms with E-state index in [9.17, 15) is 4.79 Å². The maximum absolute atomic E-state index is 12.8. The van der Waals surface area contributed by atoms with Crippen LogP contribution in [-0.2, 0) is 9.53 Å². The molecule has 1 unspecified atom stereocenters. The molecule has 3 heterocycles. The standard InChI is InChI=1S/C22H21NO8/c1-25-13-5-10(6-14(26-2)19(13)27-3)16-17-11(23-12-8-29-22(24)18(12)16)7-15-20(21(17)28-4)31-9-30-15/h5-7,16,23H,8-9H2,1-4H3. The van der Waals surface area contributed by atoms with Crippen LogP contribution in [0.5, 0.6) is 34.5 Å². The van der Waals surface area contributed by atoms with Gasteiger partial charge in [0.1, 0.15) is 6.61 Å². The van der Waals surface area contributed by atoms with Crippen LogP contribution in [0.4, 0.5) is 5.69 Å². The number of ether oxygens (including phenoxy) is 7. The Morgan fingerprint density at radius 2 is 1.61 bits per heavy atom. The Labute approximate surface area is 178 Å². The van der Waals surface area contributed by atoms with E-state index in [1.807, 2.05) is 18.2 Å². The first-order valence-corrected chi connectivity index (χ1v) is 9.58. The highest BCUT2D eigenvalue weighted by Gasteiger charge is 2.43. The van der Waals surface area contributed by atoms with Crippen LogP contribution < -0.4 is 33.7 Å². The van der Waals surface area contributed by atoms with E-state index in [-0.39, 0.29) is 13.4 Å². The molecule has 0 saturated carbocycles. The molecular weight excluding hydrogens is 406 g/mol. The molecule has 9 heteroatoms. The lowest BCUT2D eigenvalue weighted by Crippen LogP contribution is -2.21. The number of hydrogen-bond donors (Lipinski definition) is 1. The van der Waals surface area contributed by atoms with Gasteiger partial charge in [-0.2, -0.15) is 0 Å². The highest BCUT2D eigenvalue weighted by molar-refractivity contribution is 5.98. The lowest BCUT2D eigenvalue weighted by molar-refractivity contribution is -0.136. The van der Waals surface area contributed by atoms with Crippen molar-refractivity contribution in [3.05, 3.63) is 40.6 Å². The summed E-state index contributed by atoms with van der Waals surface area (Å²) in [5.74, 6) is 2.06. The van der Waals surface area contributed by atoms with Crippen LogP contribution in [0.25, 0.3) is 0 Å². The number of fused-ring (bicyclic) bond motifs is 2. The highest BCUT2D eigenvalue weighted by atomic mass is 16.7. The molecule has 0 aliphatic carbocycles. The predicted molar refractivity (Wildman–Crippen MR) is 109 cm³/mol. The average molecular weight is 427 g/mol. The van der Waals surface area contributed by atoms with Gasteiger partial charge in [0, 0.05) is 17.5 Å². The number of carbonyl (C=O) groups is 1. The lowest BCUT2D eigenvalue weighted by Gasteiger charge is -2.30. The van der Waals surface area contributed by atoms with Gasteiger partial charge in [-0.1, -0.05) is 0 Å². The number of nitrogens with one attached hydrogen (secondary N) is 1. The molecule has 0 bridgehead atoms. The van der Waals surface area contributed by atoms with E-state index >= 15 is 0 Å². The van der Waals surface area contributed by atoms with E-state index in [1.165, 1.54) is 0 Å². The van der Waals surface area contributed by atoms with Crippen LogP contribution in [0.2, 0.25) is 0 Å². The molecule has 0 amide bonds. The minimum absolute atomic E-state index is 0.0959. The zero-order valence-electron chi connectivity index (χ0n) is 17.5. The molecule has 1 atom stereocenters. The maximum atomic E-state index is 12.8. The fourth-order valence-corrected chi connectivity index (χ4v) is 4.34. The Morgan fingerprint density at radius 3 is 2.26 bits per heavy atom. The SMILES string of the molecule is COc1cc(C2C3=C(COC3=O)Nc3cc4c(c(OC)c32)OCO4)cc(OC)c1OC. The van der Waals surface area contributed by atoms with Gasteiger partial charge < -0.3 is 38.5 Å². The number of carbonyl (C=O) groups excluding carboxylic acids is 1. The number of hydrogen-bond acceptors (Lipinski definition) is 9. The third-order valence-corrected chi connectivity index (χ3v) is 5.64. The first-order valence-electron chi connectivity index (χ1n) is 9.58. The molecule has 5 rings (SSSR count). The van der Waals surface area contributed by atoms with Crippen LogP contribution in [-0.4, -0.2) is 47.8 Å². The third kappa shape index (κ3) is 2.73. The molecule has 3 aliphatic rings. The number of anilines is 1. The van der Waals surface area contributed by atoms with Crippen molar-refractivity contribution in [3.63, 3.8) is 0 Å². The summed E-state index contributed by atoms with van der Waals surface area (Å²) in [6.45, 7) is 0.254. The van der Waals surface area contributed by atoms with Crippen molar-refractivity contribution in [2.24, 2.45) is 0 Å². The fraction of sp³-hybridized carbons (Fsp3) is 0.318. The van der Waals surface area contributed by atoms with Crippen molar-refractivity contribution in [2.45, 2.75) is 5.92 Å². The number of rotatable bonds is 5. The number of cyclic esters (lactones) is 1. The Morgan fingerprint density at radius 1 is 0.903 bits per heavy atom. The summed E-state index contributed by atoms with van der Waals surface area (Å²) < 4.78 is 38.9. The van der Waals surface area contributed by atoms with Gasteiger partial charge in [-0.3, -0.25) is 0 Å². The largest absolute Gasteiger partial charge is 0.493 e. The Bertz CT molecular complexity index is 1100. The summed E-state index contributed by atoms with van der Waals surface area (Å²) in [6, 6.07) is 5.49. The van der Waals surface area contributed by atoms with Crippen molar-refractivity contribution >= 4 is 11.7 Å². The summed E-state index contributed by atoms with van der Waals surface area (Å²) in [5, 5.41) is 3.30. The van der Waals surface area contributed by atoms with Crippen molar-refractivity contribution < 1.29 is 38.0 Å². The molecule has 1 N–H and O–H groups in total. The van der Waals surface area contributed by atoms with Gasteiger partial charge in [-0.15, -0.1) is 0 Å².